The van der Waals surface area contributed by atoms with Gasteiger partial charge in [-0.05, 0) is 77.9 Å². The predicted molar refractivity (Wildman–Crippen MR) is 169 cm³/mol. The second kappa shape index (κ2) is 14.4. The van der Waals surface area contributed by atoms with E-state index in [1.807, 2.05) is 83.4 Å². The van der Waals surface area contributed by atoms with E-state index in [2.05, 4.69) is 20.7 Å². The van der Waals surface area contributed by atoms with Crippen LogP contribution in [-0.2, 0) is 11.4 Å². The number of ether oxygens (including phenoxy) is 3. The largest absolute Gasteiger partial charge is 0.497 e. The number of hydrazone groups is 1. The van der Waals surface area contributed by atoms with E-state index in [4.69, 9.17) is 25.8 Å². The van der Waals surface area contributed by atoms with E-state index in [1.54, 1.807) is 38.6 Å². The van der Waals surface area contributed by atoms with Crippen molar-refractivity contribution in [3.63, 3.8) is 0 Å². The zero-order valence-corrected chi connectivity index (χ0v) is 25.0. The molecule has 5 aromatic rings. The molecule has 0 bridgehead atoms. The van der Waals surface area contributed by atoms with Gasteiger partial charge in [0.25, 0.3) is 5.91 Å². The van der Waals surface area contributed by atoms with Gasteiger partial charge >= 0.3 is 0 Å². The molecule has 0 spiro atoms. The van der Waals surface area contributed by atoms with Crippen molar-refractivity contribution in [2.24, 2.45) is 5.10 Å². The molecule has 9 nitrogen and oxygen atoms in total. The number of nitrogens with zero attached hydrogens (tertiary/aromatic N) is 4. The number of amides is 1. The van der Waals surface area contributed by atoms with E-state index < -0.39 is 0 Å². The van der Waals surface area contributed by atoms with E-state index >= 15 is 0 Å². The van der Waals surface area contributed by atoms with Gasteiger partial charge in [0.05, 0.1) is 26.2 Å². The van der Waals surface area contributed by atoms with Crippen LogP contribution in [-0.4, -0.2) is 46.9 Å². The summed E-state index contributed by atoms with van der Waals surface area (Å²) in [6.07, 6.45) is 1.55. The third-order valence-electron chi connectivity index (χ3n) is 6.23. The van der Waals surface area contributed by atoms with Gasteiger partial charge in [0, 0.05) is 16.3 Å². The van der Waals surface area contributed by atoms with Crippen LogP contribution in [0.15, 0.2) is 107 Å². The van der Waals surface area contributed by atoms with Gasteiger partial charge in [-0.1, -0.05) is 53.7 Å². The van der Waals surface area contributed by atoms with Crippen LogP contribution in [0.5, 0.6) is 17.2 Å². The van der Waals surface area contributed by atoms with E-state index in [-0.39, 0.29) is 11.7 Å². The normalized spacial score (nSPS) is 11.0. The number of hydrogen-bond acceptors (Lipinski definition) is 8. The monoisotopic (exact) mass is 613 g/mol. The van der Waals surface area contributed by atoms with Crippen LogP contribution < -0.4 is 19.6 Å². The van der Waals surface area contributed by atoms with Crippen molar-refractivity contribution in [2.45, 2.75) is 11.8 Å². The number of halogens is 1. The molecule has 1 aromatic heterocycles. The highest BCUT2D eigenvalue weighted by molar-refractivity contribution is 7.99. The van der Waals surface area contributed by atoms with Gasteiger partial charge in [-0.2, -0.15) is 5.10 Å². The topological polar surface area (TPSA) is 99.9 Å². The van der Waals surface area contributed by atoms with Crippen LogP contribution in [0.4, 0.5) is 0 Å². The van der Waals surface area contributed by atoms with Crippen LogP contribution in [0.25, 0.3) is 17.1 Å². The van der Waals surface area contributed by atoms with Crippen molar-refractivity contribution >= 4 is 35.5 Å². The molecular formula is C32H28ClN5O4S. The first-order valence-electron chi connectivity index (χ1n) is 13.2. The molecule has 0 aliphatic rings. The third kappa shape index (κ3) is 7.73. The maximum absolute atomic E-state index is 12.7. The molecule has 0 aliphatic carbocycles. The lowest BCUT2D eigenvalue weighted by Crippen LogP contribution is -2.20. The van der Waals surface area contributed by atoms with Crippen molar-refractivity contribution in [1.82, 2.24) is 20.2 Å². The highest BCUT2D eigenvalue weighted by Crippen LogP contribution is 2.30. The van der Waals surface area contributed by atoms with Crippen molar-refractivity contribution in [3.8, 4) is 34.3 Å². The Morgan fingerprint density at radius 2 is 1.70 bits per heavy atom. The Hall–Kier alpha value is -4.80. The molecule has 5 rings (SSSR count). The second-order valence-electron chi connectivity index (χ2n) is 9.11. The Labute approximate surface area is 258 Å². The quantitative estimate of drug-likeness (QED) is 0.0984. The number of aromatic nitrogens is 3. The molecular weight excluding hydrogens is 586 g/mol. The van der Waals surface area contributed by atoms with Gasteiger partial charge in [-0.3, -0.25) is 9.36 Å². The first-order chi connectivity index (χ1) is 21.0. The molecule has 218 valence electrons. The van der Waals surface area contributed by atoms with Gasteiger partial charge in [-0.15, -0.1) is 10.2 Å². The second-order valence-corrected chi connectivity index (χ2v) is 10.5. The first-order valence-corrected chi connectivity index (χ1v) is 14.6. The van der Waals surface area contributed by atoms with Crippen LogP contribution >= 0.6 is 23.4 Å². The molecule has 11 heteroatoms. The maximum atomic E-state index is 12.7. The minimum atomic E-state index is -0.299. The smallest absolute Gasteiger partial charge is 0.250 e. The molecule has 1 amide bonds. The van der Waals surface area contributed by atoms with E-state index in [9.17, 15) is 4.79 Å². The van der Waals surface area contributed by atoms with Gasteiger partial charge in [0.1, 0.15) is 12.4 Å². The third-order valence-corrected chi connectivity index (χ3v) is 7.41. The summed E-state index contributed by atoms with van der Waals surface area (Å²) in [6, 6.07) is 30.1. The summed E-state index contributed by atoms with van der Waals surface area (Å²) in [7, 11) is 3.20. The standard InChI is InChI=1S/C32H28ClN5O4S/c1-40-27-15-9-24(10-16-27)31-36-37-32(38(31)26-13-11-25(33)12-14-26)43-21-30(39)35-34-19-23-8-17-28(41-2)29(18-23)42-20-22-6-4-3-5-7-22/h3-19H,20-21H2,1-2H3,(H,35,39). The maximum Gasteiger partial charge on any atom is 0.250 e. The zero-order valence-electron chi connectivity index (χ0n) is 23.4. The first kappa shape index (κ1) is 29.7. The molecule has 4 aromatic carbocycles. The zero-order chi connectivity index (χ0) is 30.0. The molecule has 0 saturated carbocycles. The highest BCUT2D eigenvalue weighted by Gasteiger charge is 2.17. The average Bonchev–Trinajstić information content (AvgIpc) is 3.47. The van der Waals surface area contributed by atoms with Crippen molar-refractivity contribution in [2.75, 3.05) is 20.0 Å². The van der Waals surface area contributed by atoms with E-state index in [1.165, 1.54) is 11.8 Å². The molecule has 1 heterocycles. The fraction of sp³-hybridized carbons (Fsp3) is 0.125. The molecule has 0 fully saturated rings. The summed E-state index contributed by atoms with van der Waals surface area (Å²) in [4.78, 5) is 12.7. The molecule has 0 unspecified atom stereocenters. The number of carbonyl (C=O) groups excluding carboxylic acids is 1. The van der Waals surface area contributed by atoms with Gasteiger partial charge in [0.2, 0.25) is 0 Å². The number of methoxy groups -OCH3 is 2. The van der Waals surface area contributed by atoms with Crippen molar-refractivity contribution in [1.29, 1.82) is 0 Å². The number of thioether (sulfide) groups is 1. The predicted octanol–water partition coefficient (Wildman–Crippen LogP) is 6.43. The van der Waals surface area contributed by atoms with Gasteiger partial charge < -0.3 is 14.2 Å². The molecule has 0 atom stereocenters. The van der Waals surface area contributed by atoms with E-state index in [0.29, 0.717) is 34.1 Å². The minimum Gasteiger partial charge on any atom is -0.497 e. The van der Waals surface area contributed by atoms with Crippen LogP contribution in [0.3, 0.4) is 0 Å². The molecule has 43 heavy (non-hydrogen) atoms. The summed E-state index contributed by atoms with van der Waals surface area (Å²) in [5.74, 6) is 2.31. The van der Waals surface area contributed by atoms with Crippen LogP contribution in [0.1, 0.15) is 11.1 Å². The Morgan fingerprint density at radius 3 is 2.42 bits per heavy atom. The number of hydrogen-bond donors (Lipinski definition) is 1. The Morgan fingerprint density at radius 1 is 0.930 bits per heavy atom. The summed E-state index contributed by atoms with van der Waals surface area (Å²) in [5, 5.41) is 14.1. The molecule has 1 N–H and O–H groups in total. The van der Waals surface area contributed by atoms with E-state index in [0.717, 1.165) is 28.1 Å². The molecule has 0 saturated heterocycles. The Kier molecular flexibility index (Phi) is 9.94. The lowest BCUT2D eigenvalue weighted by atomic mass is 10.2. The fourth-order valence-corrected chi connectivity index (χ4v) is 4.95. The number of nitrogens with one attached hydrogen (secondary N) is 1. The average molecular weight is 614 g/mol. The highest BCUT2D eigenvalue weighted by atomic mass is 35.5. The Bertz CT molecular complexity index is 1690. The Balaban J connectivity index is 1.25. The SMILES string of the molecule is COc1ccc(-c2nnc(SCC(=O)NN=Cc3ccc(OC)c(OCc4ccccc4)c3)n2-c2ccc(Cl)cc2)cc1. The molecule has 0 radical (unpaired) electrons. The van der Waals surface area contributed by atoms with Gasteiger partial charge in [0.15, 0.2) is 22.5 Å². The lowest BCUT2D eigenvalue weighted by Gasteiger charge is -2.11. The summed E-state index contributed by atoms with van der Waals surface area (Å²) < 4.78 is 18.5. The summed E-state index contributed by atoms with van der Waals surface area (Å²) in [5.41, 5.74) is 6.01. The molecule has 0 aliphatic heterocycles. The minimum absolute atomic E-state index is 0.0692. The van der Waals surface area contributed by atoms with Crippen LogP contribution in [0.2, 0.25) is 5.02 Å². The number of carbonyl (C=O) groups is 1. The van der Waals surface area contributed by atoms with Gasteiger partial charge in [-0.25, -0.2) is 5.43 Å². The van der Waals surface area contributed by atoms with Crippen molar-refractivity contribution in [3.05, 3.63) is 113 Å². The fourth-order valence-electron chi connectivity index (χ4n) is 4.08. The lowest BCUT2D eigenvalue weighted by molar-refractivity contribution is -0.118. The number of rotatable bonds is 12. The van der Waals surface area contributed by atoms with Crippen LogP contribution in [0, 0.1) is 0 Å². The number of benzene rings is 4. The van der Waals surface area contributed by atoms with Crippen molar-refractivity contribution < 1.29 is 19.0 Å². The summed E-state index contributed by atoms with van der Waals surface area (Å²) in [6.45, 7) is 0.395. The summed E-state index contributed by atoms with van der Waals surface area (Å²) >= 11 is 7.37.